The molecule has 2 rings (SSSR count). The van der Waals surface area contributed by atoms with Crippen LogP contribution in [0.1, 0.15) is 39.7 Å². The fourth-order valence-electron chi connectivity index (χ4n) is 2.50. The largest absolute Gasteiger partial charge is 0.340 e. The molecule has 1 N–H and O–H groups in total. The third kappa shape index (κ3) is 2.30. The van der Waals surface area contributed by atoms with Crippen molar-refractivity contribution in [1.82, 2.24) is 5.32 Å². The number of hydrogen-bond acceptors (Lipinski definition) is 2. The van der Waals surface area contributed by atoms with Crippen LogP contribution in [0, 0.1) is 0 Å². The zero-order valence-electron chi connectivity index (χ0n) is 12.6. The molecule has 0 radical (unpaired) electrons. The molecule has 0 spiro atoms. The molecule has 2 amide bonds. The van der Waals surface area contributed by atoms with Crippen molar-refractivity contribution in [2.45, 2.75) is 52.1 Å². The Morgan fingerprint density at radius 3 is 2.60 bits per heavy atom. The molecule has 108 valence electrons. The van der Waals surface area contributed by atoms with Crippen molar-refractivity contribution in [3.05, 3.63) is 29.8 Å². The number of hydrogen-bond donors (Lipinski definition) is 1. The van der Waals surface area contributed by atoms with Crippen LogP contribution in [-0.2, 0) is 16.0 Å². The van der Waals surface area contributed by atoms with Crippen LogP contribution in [-0.4, -0.2) is 23.4 Å². The Balaban J connectivity index is 2.45. The zero-order chi connectivity index (χ0) is 14.9. The predicted octanol–water partition coefficient (Wildman–Crippen LogP) is 2.27. The number of piperazine rings is 1. The molecule has 1 fully saturated rings. The molecule has 2 unspecified atom stereocenters. The molecule has 4 heteroatoms. The summed E-state index contributed by atoms with van der Waals surface area (Å²) >= 11 is 0. The van der Waals surface area contributed by atoms with Gasteiger partial charge in [-0.2, -0.15) is 0 Å². The van der Waals surface area contributed by atoms with Gasteiger partial charge in [-0.05, 0) is 44.4 Å². The van der Waals surface area contributed by atoms with Gasteiger partial charge in [-0.15, -0.1) is 0 Å². The van der Waals surface area contributed by atoms with Crippen molar-refractivity contribution in [2.24, 2.45) is 0 Å². The Morgan fingerprint density at radius 2 is 2.00 bits per heavy atom. The van der Waals surface area contributed by atoms with Crippen LogP contribution in [0.25, 0.3) is 0 Å². The number of rotatable bonds is 3. The van der Waals surface area contributed by atoms with Crippen molar-refractivity contribution in [1.29, 1.82) is 0 Å². The van der Waals surface area contributed by atoms with Crippen molar-refractivity contribution in [3.8, 4) is 0 Å². The molecule has 0 aromatic heterocycles. The van der Waals surface area contributed by atoms with Gasteiger partial charge in [-0.25, -0.2) is 0 Å². The van der Waals surface area contributed by atoms with Crippen LogP contribution in [0.2, 0.25) is 0 Å². The predicted molar refractivity (Wildman–Crippen MR) is 79.6 cm³/mol. The Hall–Kier alpha value is -1.84. The summed E-state index contributed by atoms with van der Waals surface area (Å²) in [7, 11) is 0. The van der Waals surface area contributed by atoms with E-state index in [-0.39, 0.29) is 11.8 Å². The van der Waals surface area contributed by atoms with Crippen LogP contribution in [0.3, 0.4) is 0 Å². The van der Waals surface area contributed by atoms with Gasteiger partial charge in [-0.3, -0.25) is 14.5 Å². The van der Waals surface area contributed by atoms with E-state index in [1.807, 2.05) is 31.2 Å². The summed E-state index contributed by atoms with van der Waals surface area (Å²) in [6.45, 7) is 7.54. The van der Waals surface area contributed by atoms with Gasteiger partial charge in [0.05, 0.1) is 0 Å². The first-order valence-corrected chi connectivity index (χ1v) is 7.17. The lowest BCUT2D eigenvalue weighted by atomic mass is 9.91. The minimum Gasteiger partial charge on any atom is -0.340 e. The van der Waals surface area contributed by atoms with Gasteiger partial charge in [-0.1, -0.05) is 26.0 Å². The van der Waals surface area contributed by atoms with E-state index in [4.69, 9.17) is 0 Å². The summed E-state index contributed by atoms with van der Waals surface area (Å²) in [6.07, 6.45) is 1.48. The van der Waals surface area contributed by atoms with Gasteiger partial charge in [0.2, 0.25) is 5.91 Å². The number of aryl methyl sites for hydroxylation is 1. The maximum Gasteiger partial charge on any atom is 0.253 e. The standard InChI is InChI=1S/C16H22N2O2/c1-5-12-8-7-9-13(10-12)18-11(3)14(19)17-16(4,6-2)15(18)20/h7-11H,5-6H2,1-4H3,(H,17,19). The summed E-state index contributed by atoms with van der Waals surface area (Å²) in [5.41, 5.74) is 1.15. The Labute approximate surface area is 120 Å². The lowest BCUT2D eigenvalue weighted by Gasteiger charge is -2.43. The summed E-state index contributed by atoms with van der Waals surface area (Å²) in [5.74, 6) is -0.142. The zero-order valence-corrected chi connectivity index (χ0v) is 12.6. The van der Waals surface area contributed by atoms with E-state index < -0.39 is 11.6 Å². The lowest BCUT2D eigenvalue weighted by molar-refractivity contribution is -0.137. The number of nitrogens with one attached hydrogen (secondary N) is 1. The van der Waals surface area contributed by atoms with E-state index in [0.29, 0.717) is 6.42 Å². The van der Waals surface area contributed by atoms with E-state index >= 15 is 0 Å². The van der Waals surface area contributed by atoms with E-state index in [2.05, 4.69) is 12.2 Å². The normalized spacial score (nSPS) is 26.6. The number of carbonyl (C=O) groups is 2. The first-order valence-electron chi connectivity index (χ1n) is 7.17. The third-order valence-electron chi connectivity index (χ3n) is 4.16. The third-order valence-corrected chi connectivity index (χ3v) is 4.16. The number of benzene rings is 1. The molecule has 0 aliphatic carbocycles. The molecular weight excluding hydrogens is 252 g/mol. The molecule has 20 heavy (non-hydrogen) atoms. The second-order valence-corrected chi connectivity index (χ2v) is 5.55. The molecule has 1 heterocycles. The molecule has 1 saturated heterocycles. The maximum absolute atomic E-state index is 12.7. The number of carbonyl (C=O) groups excluding carboxylic acids is 2. The van der Waals surface area contributed by atoms with E-state index in [1.54, 1.807) is 18.7 Å². The summed E-state index contributed by atoms with van der Waals surface area (Å²) in [6, 6.07) is 7.37. The fraction of sp³-hybridized carbons (Fsp3) is 0.500. The van der Waals surface area contributed by atoms with Gasteiger partial charge < -0.3 is 5.32 Å². The van der Waals surface area contributed by atoms with E-state index in [1.165, 1.54) is 0 Å². The quantitative estimate of drug-likeness (QED) is 0.919. The summed E-state index contributed by atoms with van der Waals surface area (Å²) in [4.78, 5) is 26.5. The SMILES string of the molecule is CCc1cccc(N2C(=O)C(C)(CC)NC(=O)C2C)c1. The summed E-state index contributed by atoms with van der Waals surface area (Å²) in [5, 5.41) is 2.84. The average molecular weight is 274 g/mol. The topological polar surface area (TPSA) is 49.4 Å². The van der Waals surface area contributed by atoms with Gasteiger partial charge in [0.25, 0.3) is 5.91 Å². The molecule has 0 saturated carbocycles. The van der Waals surface area contributed by atoms with E-state index in [9.17, 15) is 9.59 Å². The molecule has 1 aromatic carbocycles. The Kier molecular flexibility index (Phi) is 3.84. The Bertz CT molecular complexity index is 541. The summed E-state index contributed by atoms with van der Waals surface area (Å²) < 4.78 is 0. The van der Waals surface area contributed by atoms with E-state index in [0.717, 1.165) is 17.7 Å². The number of anilines is 1. The van der Waals surface area contributed by atoms with Crippen LogP contribution < -0.4 is 10.2 Å². The minimum atomic E-state index is -0.814. The Morgan fingerprint density at radius 1 is 1.30 bits per heavy atom. The van der Waals surface area contributed by atoms with Crippen LogP contribution in [0.15, 0.2) is 24.3 Å². The van der Waals surface area contributed by atoms with Crippen molar-refractivity contribution in [3.63, 3.8) is 0 Å². The maximum atomic E-state index is 12.7. The number of nitrogens with zero attached hydrogens (tertiary/aromatic N) is 1. The highest BCUT2D eigenvalue weighted by atomic mass is 16.2. The highest BCUT2D eigenvalue weighted by molar-refractivity contribution is 6.10. The molecular formula is C16H22N2O2. The van der Waals surface area contributed by atoms with Crippen molar-refractivity contribution >= 4 is 17.5 Å². The van der Waals surface area contributed by atoms with Crippen LogP contribution in [0.5, 0.6) is 0 Å². The average Bonchev–Trinajstić information content (AvgIpc) is 2.46. The molecule has 0 bridgehead atoms. The molecule has 1 aromatic rings. The molecule has 4 nitrogen and oxygen atoms in total. The smallest absolute Gasteiger partial charge is 0.253 e. The second kappa shape index (κ2) is 5.27. The lowest BCUT2D eigenvalue weighted by Crippen LogP contribution is -2.68. The van der Waals surface area contributed by atoms with Gasteiger partial charge in [0.1, 0.15) is 11.6 Å². The van der Waals surface area contributed by atoms with Gasteiger partial charge in [0.15, 0.2) is 0 Å². The van der Waals surface area contributed by atoms with Crippen LogP contribution in [0.4, 0.5) is 5.69 Å². The molecule has 2 atom stereocenters. The number of amides is 2. The monoisotopic (exact) mass is 274 g/mol. The first-order chi connectivity index (χ1) is 9.42. The van der Waals surface area contributed by atoms with Gasteiger partial charge >= 0.3 is 0 Å². The molecule has 1 aliphatic heterocycles. The van der Waals surface area contributed by atoms with Gasteiger partial charge in [0, 0.05) is 5.69 Å². The van der Waals surface area contributed by atoms with Crippen molar-refractivity contribution in [2.75, 3.05) is 4.90 Å². The second-order valence-electron chi connectivity index (χ2n) is 5.55. The highest BCUT2D eigenvalue weighted by Gasteiger charge is 2.45. The minimum absolute atomic E-state index is 0.0413. The highest BCUT2D eigenvalue weighted by Crippen LogP contribution is 2.27. The molecule has 1 aliphatic rings. The van der Waals surface area contributed by atoms with Crippen molar-refractivity contribution < 1.29 is 9.59 Å². The van der Waals surface area contributed by atoms with Crippen LogP contribution >= 0.6 is 0 Å². The fourth-order valence-corrected chi connectivity index (χ4v) is 2.50. The first kappa shape index (κ1) is 14.6.